The van der Waals surface area contributed by atoms with Gasteiger partial charge in [-0.3, -0.25) is 0 Å². The lowest BCUT2D eigenvalue weighted by atomic mass is 10.1. The molecule has 1 aliphatic rings. The lowest BCUT2D eigenvalue weighted by molar-refractivity contribution is 0.309. The van der Waals surface area contributed by atoms with E-state index in [4.69, 9.17) is 4.74 Å². The smallest absolute Gasteiger partial charge is 0.240 e. The highest BCUT2D eigenvalue weighted by atomic mass is 32.2. The highest BCUT2D eigenvalue weighted by Gasteiger charge is 2.16. The van der Waals surface area contributed by atoms with Gasteiger partial charge in [0.05, 0.1) is 4.90 Å². The van der Waals surface area contributed by atoms with Crippen LogP contribution < -0.4 is 14.4 Å². The molecule has 2 aromatic rings. The van der Waals surface area contributed by atoms with Gasteiger partial charge in [-0.1, -0.05) is 6.07 Å². The van der Waals surface area contributed by atoms with E-state index in [0.29, 0.717) is 11.7 Å². The lowest BCUT2D eigenvalue weighted by Gasteiger charge is -2.28. The number of hydrogen-bond donors (Lipinski definition) is 1. The first-order valence-electron chi connectivity index (χ1n) is 9.65. The van der Waals surface area contributed by atoms with Gasteiger partial charge in [0.15, 0.2) is 0 Å². The zero-order valence-electron chi connectivity index (χ0n) is 16.7. The van der Waals surface area contributed by atoms with Gasteiger partial charge in [0.2, 0.25) is 15.9 Å². The van der Waals surface area contributed by atoms with Crippen molar-refractivity contribution < 1.29 is 13.2 Å². The highest BCUT2D eigenvalue weighted by Crippen LogP contribution is 2.21. The molecule has 2 heterocycles. The summed E-state index contributed by atoms with van der Waals surface area (Å²) in [5.74, 6) is 1.99. The summed E-state index contributed by atoms with van der Waals surface area (Å²) in [5, 5.41) is 0. The molecule has 1 aliphatic heterocycles. The molecule has 0 atom stereocenters. The van der Waals surface area contributed by atoms with E-state index >= 15 is 0 Å². The fourth-order valence-electron chi connectivity index (χ4n) is 3.39. The van der Waals surface area contributed by atoms with Crippen LogP contribution >= 0.6 is 0 Å². The van der Waals surface area contributed by atoms with Crippen LogP contribution in [0.4, 0.5) is 5.82 Å². The number of hydrogen-bond acceptors (Lipinski definition) is 6. The molecular formula is C20H28N4O3S. The maximum absolute atomic E-state index is 12.5. The van der Waals surface area contributed by atoms with Crippen molar-refractivity contribution in [2.24, 2.45) is 0 Å². The number of anilines is 1. The summed E-state index contributed by atoms with van der Waals surface area (Å²) >= 11 is 0. The van der Waals surface area contributed by atoms with Gasteiger partial charge in [0.25, 0.3) is 0 Å². The van der Waals surface area contributed by atoms with Gasteiger partial charge < -0.3 is 9.64 Å². The van der Waals surface area contributed by atoms with Gasteiger partial charge in [-0.2, -0.15) is 4.98 Å². The van der Waals surface area contributed by atoms with Crippen molar-refractivity contribution in [3.63, 3.8) is 0 Å². The summed E-state index contributed by atoms with van der Waals surface area (Å²) in [6.45, 7) is 7.94. The van der Waals surface area contributed by atoms with E-state index in [-0.39, 0.29) is 18.0 Å². The van der Waals surface area contributed by atoms with Gasteiger partial charge >= 0.3 is 0 Å². The number of ether oxygens (including phenoxy) is 1. The van der Waals surface area contributed by atoms with Crippen molar-refractivity contribution in [2.45, 2.75) is 44.9 Å². The van der Waals surface area contributed by atoms with Crippen LogP contribution in [0.3, 0.4) is 0 Å². The summed E-state index contributed by atoms with van der Waals surface area (Å²) in [5.41, 5.74) is 1.83. The third-order valence-corrected chi connectivity index (χ3v) is 6.07. The predicted octanol–water partition coefficient (Wildman–Crippen LogP) is 2.75. The number of nitrogens with one attached hydrogen (secondary N) is 1. The van der Waals surface area contributed by atoms with Crippen molar-refractivity contribution >= 4 is 15.8 Å². The first kappa shape index (κ1) is 20.5. The molecule has 7 nitrogen and oxygen atoms in total. The Bertz CT molecular complexity index is 905. The van der Waals surface area contributed by atoms with Crippen LogP contribution in [0.2, 0.25) is 0 Å². The molecule has 0 amide bonds. The average molecular weight is 405 g/mol. The van der Waals surface area contributed by atoms with Gasteiger partial charge in [0.1, 0.15) is 18.2 Å². The second-order valence-electron chi connectivity index (χ2n) is 7.23. The van der Waals surface area contributed by atoms with Crippen molar-refractivity contribution in [1.82, 2.24) is 14.7 Å². The van der Waals surface area contributed by atoms with Crippen molar-refractivity contribution in [3.05, 3.63) is 41.2 Å². The lowest BCUT2D eigenvalue weighted by Crippen LogP contribution is -2.30. The predicted molar refractivity (Wildman–Crippen MR) is 109 cm³/mol. The molecule has 0 saturated carbocycles. The molecule has 1 fully saturated rings. The third-order valence-electron chi connectivity index (χ3n) is 4.63. The number of rotatable bonds is 7. The maximum Gasteiger partial charge on any atom is 0.240 e. The molecule has 0 unspecified atom stereocenters. The van der Waals surface area contributed by atoms with Crippen molar-refractivity contribution in [3.8, 4) is 5.88 Å². The van der Waals surface area contributed by atoms with E-state index in [1.807, 2.05) is 32.9 Å². The Hall–Kier alpha value is -2.19. The molecule has 152 valence electrons. The summed E-state index contributed by atoms with van der Waals surface area (Å²) in [4.78, 5) is 11.3. The molecule has 0 bridgehead atoms. The minimum absolute atomic E-state index is 0.164. The zero-order chi connectivity index (χ0) is 20.1. The largest absolute Gasteiger partial charge is 0.476 e. The second kappa shape index (κ2) is 8.87. The van der Waals surface area contributed by atoms with E-state index in [1.54, 1.807) is 12.1 Å². The van der Waals surface area contributed by atoms with Gasteiger partial charge in [-0.05, 0) is 63.3 Å². The molecule has 28 heavy (non-hydrogen) atoms. The minimum Gasteiger partial charge on any atom is -0.476 e. The van der Waals surface area contributed by atoms with Crippen LogP contribution in [0.25, 0.3) is 0 Å². The molecule has 3 rings (SSSR count). The maximum atomic E-state index is 12.5. The Balaban J connectivity index is 1.58. The van der Waals surface area contributed by atoms with Gasteiger partial charge in [0, 0.05) is 25.7 Å². The fourth-order valence-corrected chi connectivity index (χ4v) is 4.59. The van der Waals surface area contributed by atoms with Crippen LogP contribution in [0.5, 0.6) is 5.88 Å². The SMILES string of the molecule is Cc1cc(C)cc(S(=O)(=O)NCCOc2cc(N3CCCCC3)nc(C)n2)c1. The fraction of sp³-hybridized carbons (Fsp3) is 0.500. The number of sulfonamides is 1. The van der Waals surface area contributed by atoms with E-state index in [0.717, 1.165) is 30.0 Å². The monoisotopic (exact) mass is 404 g/mol. The standard InChI is InChI=1S/C20H28N4O3S/c1-15-11-16(2)13-18(12-15)28(25,26)21-7-10-27-20-14-19(22-17(3)23-20)24-8-5-4-6-9-24/h11-14,21H,4-10H2,1-3H3. The number of aryl methyl sites for hydroxylation is 3. The summed E-state index contributed by atoms with van der Waals surface area (Å²) < 4.78 is 33.2. The molecule has 0 radical (unpaired) electrons. The topological polar surface area (TPSA) is 84.4 Å². The summed E-state index contributed by atoms with van der Waals surface area (Å²) in [7, 11) is -3.56. The zero-order valence-corrected chi connectivity index (χ0v) is 17.6. The Morgan fingerprint density at radius 2 is 1.68 bits per heavy atom. The first-order valence-corrected chi connectivity index (χ1v) is 11.1. The molecule has 1 aromatic carbocycles. The molecule has 1 aromatic heterocycles. The quantitative estimate of drug-likeness (QED) is 0.715. The Morgan fingerprint density at radius 1 is 1.00 bits per heavy atom. The minimum atomic E-state index is -3.56. The van der Waals surface area contributed by atoms with E-state index in [1.165, 1.54) is 19.3 Å². The number of piperidine rings is 1. The van der Waals surface area contributed by atoms with Crippen LogP contribution in [0.1, 0.15) is 36.2 Å². The Morgan fingerprint density at radius 3 is 2.36 bits per heavy atom. The van der Waals surface area contributed by atoms with Crippen LogP contribution in [-0.4, -0.2) is 44.6 Å². The third kappa shape index (κ3) is 5.42. The molecule has 1 N–H and O–H groups in total. The van der Waals surface area contributed by atoms with Gasteiger partial charge in [-0.15, -0.1) is 0 Å². The molecule has 1 saturated heterocycles. The van der Waals surface area contributed by atoms with Crippen molar-refractivity contribution in [2.75, 3.05) is 31.1 Å². The molecule has 0 spiro atoms. The molecule has 8 heteroatoms. The summed E-state index contributed by atoms with van der Waals surface area (Å²) in [6.07, 6.45) is 3.59. The number of aromatic nitrogens is 2. The van der Waals surface area contributed by atoms with E-state index in [9.17, 15) is 8.42 Å². The molecule has 0 aliphatic carbocycles. The Kier molecular flexibility index (Phi) is 6.51. The summed E-state index contributed by atoms with van der Waals surface area (Å²) in [6, 6.07) is 7.10. The normalized spacial score (nSPS) is 14.9. The van der Waals surface area contributed by atoms with E-state index in [2.05, 4.69) is 19.6 Å². The van der Waals surface area contributed by atoms with Crippen LogP contribution in [-0.2, 0) is 10.0 Å². The van der Waals surface area contributed by atoms with Crippen molar-refractivity contribution in [1.29, 1.82) is 0 Å². The highest BCUT2D eigenvalue weighted by molar-refractivity contribution is 7.89. The average Bonchev–Trinajstić information content (AvgIpc) is 2.65. The van der Waals surface area contributed by atoms with Crippen LogP contribution in [0, 0.1) is 20.8 Å². The Labute approximate surface area is 167 Å². The van der Waals surface area contributed by atoms with Crippen LogP contribution in [0.15, 0.2) is 29.2 Å². The first-order chi connectivity index (χ1) is 13.3. The second-order valence-corrected chi connectivity index (χ2v) is 9.00. The number of benzene rings is 1. The number of nitrogens with zero attached hydrogens (tertiary/aromatic N) is 3. The molecular weight excluding hydrogens is 376 g/mol. The van der Waals surface area contributed by atoms with Gasteiger partial charge in [-0.25, -0.2) is 18.1 Å². The van der Waals surface area contributed by atoms with E-state index < -0.39 is 10.0 Å².